The van der Waals surface area contributed by atoms with Crippen LogP contribution in [0, 0.1) is 5.82 Å². The van der Waals surface area contributed by atoms with Gasteiger partial charge in [0.1, 0.15) is 11.6 Å². The summed E-state index contributed by atoms with van der Waals surface area (Å²) in [6.45, 7) is 0. The van der Waals surface area contributed by atoms with E-state index in [9.17, 15) is 4.39 Å². The van der Waals surface area contributed by atoms with Gasteiger partial charge in [0.05, 0.1) is 18.8 Å². The summed E-state index contributed by atoms with van der Waals surface area (Å²) in [6, 6.07) is 13.3. The number of hydrogen-bond donors (Lipinski definition) is 1. The average molecular weight is 257 g/mol. The predicted molar refractivity (Wildman–Crippen MR) is 74.1 cm³/mol. The van der Waals surface area contributed by atoms with E-state index in [1.165, 1.54) is 6.07 Å². The first-order chi connectivity index (χ1) is 9.29. The topological polar surface area (TPSA) is 21.3 Å². The smallest absolute Gasteiger partial charge is 0.141 e. The number of fused-ring (bicyclic) bond motifs is 1. The summed E-state index contributed by atoms with van der Waals surface area (Å²) in [5.41, 5.74) is 2.85. The molecule has 1 atom stereocenters. The van der Waals surface area contributed by atoms with Crippen molar-refractivity contribution < 1.29 is 9.13 Å². The molecule has 0 fully saturated rings. The molecule has 0 radical (unpaired) electrons. The lowest BCUT2D eigenvalue weighted by Gasteiger charge is -2.17. The Labute approximate surface area is 112 Å². The summed E-state index contributed by atoms with van der Waals surface area (Å²) in [5, 5.41) is 3.45. The molecule has 0 saturated carbocycles. The summed E-state index contributed by atoms with van der Waals surface area (Å²) in [5.74, 6) is 0.717. The molecule has 1 N–H and O–H groups in total. The van der Waals surface area contributed by atoms with E-state index in [0.717, 1.165) is 35.4 Å². The molecule has 1 unspecified atom stereocenters. The number of benzene rings is 2. The molecule has 0 amide bonds. The molecule has 0 spiro atoms. The zero-order valence-electron chi connectivity index (χ0n) is 10.8. The van der Waals surface area contributed by atoms with E-state index in [2.05, 4.69) is 5.32 Å². The Morgan fingerprint density at radius 2 is 2.00 bits per heavy atom. The van der Waals surface area contributed by atoms with E-state index in [1.54, 1.807) is 13.2 Å². The Morgan fingerprint density at radius 3 is 2.84 bits per heavy atom. The number of methoxy groups -OCH3 is 1. The van der Waals surface area contributed by atoms with Crippen molar-refractivity contribution in [3.05, 3.63) is 59.4 Å². The number of anilines is 1. The van der Waals surface area contributed by atoms with Gasteiger partial charge in [0, 0.05) is 0 Å². The van der Waals surface area contributed by atoms with Crippen LogP contribution in [0.2, 0.25) is 0 Å². The van der Waals surface area contributed by atoms with E-state index in [-0.39, 0.29) is 11.9 Å². The lowest BCUT2D eigenvalue weighted by atomic mass is 10.1. The van der Waals surface area contributed by atoms with E-state index in [0.29, 0.717) is 0 Å². The van der Waals surface area contributed by atoms with Crippen molar-refractivity contribution in [2.75, 3.05) is 12.4 Å². The van der Waals surface area contributed by atoms with Crippen LogP contribution in [0.25, 0.3) is 0 Å². The first-order valence-electron chi connectivity index (χ1n) is 6.46. The minimum Gasteiger partial charge on any atom is -0.495 e. The number of nitrogens with one attached hydrogen (secondary N) is 1. The monoisotopic (exact) mass is 257 g/mol. The highest BCUT2D eigenvalue weighted by molar-refractivity contribution is 5.58. The Bertz CT molecular complexity index is 597. The van der Waals surface area contributed by atoms with Crippen molar-refractivity contribution in [1.29, 1.82) is 0 Å². The van der Waals surface area contributed by atoms with Gasteiger partial charge in [-0.25, -0.2) is 4.39 Å². The Morgan fingerprint density at radius 1 is 1.16 bits per heavy atom. The second-order valence-electron chi connectivity index (χ2n) is 4.74. The molecule has 0 aromatic heterocycles. The minimum absolute atomic E-state index is 0.0955. The van der Waals surface area contributed by atoms with Crippen LogP contribution >= 0.6 is 0 Å². The predicted octanol–water partition coefficient (Wildman–Crippen LogP) is 3.93. The third-order valence-electron chi connectivity index (χ3n) is 3.65. The molecule has 3 rings (SSSR count). The van der Waals surface area contributed by atoms with Gasteiger partial charge in [-0.3, -0.25) is 0 Å². The van der Waals surface area contributed by atoms with Gasteiger partial charge in [-0.2, -0.15) is 0 Å². The SMILES string of the molecule is COc1ccccc1NC1CCc2c(F)cccc21. The van der Waals surface area contributed by atoms with Gasteiger partial charge in [-0.15, -0.1) is 0 Å². The van der Waals surface area contributed by atoms with Crippen molar-refractivity contribution in [2.45, 2.75) is 18.9 Å². The molecular formula is C16H16FNO. The quantitative estimate of drug-likeness (QED) is 0.899. The molecule has 1 aliphatic carbocycles. The lowest BCUT2D eigenvalue weighted by Crippen LogP contribution is -2.08. The summed E-state index contributed by atoms with van der Waals surface area (Å²) in [7, 11) is 1.66. The molecule has 2 aromatic carbocycles. The largest absolute Gasteiger partial charge is 0.495 e. The van der Waals surface area contributed by atoms with E-state index in [4.69, 9.17) is 4.74 Å². The van der Waals surface area contributed by atoms with Crippen LogP contribution in [0.4, 0.5) is 10.1 Å². The first kappa shape index (κ1) is 12.0. The fourth-order valence-corrected chi connectivity index (χ4v) is 2.71. The lowest BCUT2D eigenvalue weighted by molar-refractivity contribution is 0.416. The van der Waals surface area contributed by atoms with Gasteiger partial charge in [0.15, 0.2) is 0 Å². The highest BCUT2D eigenvalue weighted by Gasteiger charge is 2.25. The Kier molecular flexibility index (Phi) is 3.11. The molecule has 0 heterocycles. The van der Waals surface area contributed by atoms with Gasteiger partial charge >= 0.3 is 0 Å². The number of para-hydroxylation sites is 2. The van der Waals surface area contributed by atoms with Gasteiger partial charge in [0.2, 0.25) is 0 Å². The Hall–Kier alpha value is -2.03. The maximum Gasteiger partial charge on any atom is 0.141 e. The molecule has 0 bridgehead atoms. The summed E-state index contributed by atoms with van der Waals surface area (Å²) in [6.07, 6.45) is 1.70. The van der Waals surface area contributed by atoms with Gasteiger partial charge in [0.25, 0.3) is 0 Å². The van der Waals surface area contributed by atoms with Crippen LogP contribution in [-0.4, -0.2) is 7.11 Å². The van der Waals surface area contributed by atoms with Crippen molar-refractivity contribution in [3.63, 3.8) is 0 Å². The first-order valence-corrected chi connectivity index (χ1v) is 6.46. The molecule has 3 heteroatoms. The third-order valence-corrected chi connectivity index (χ3v) is 3.65. The van der Waals surface area contributed by atoms with Crippen LogP contribution in [0.15, 0.2) is 42.5 Å². The summed E-state index contributed by atoms with van der Waals surface area (Å²) >= 11 is 0. The van der Waals surface area contributed by atoms with E-state index >= 15 is 0 Å². The summed E-state index contributed by atoms with van der Waals surface area (Å²) < 4.78 is 19.0. The standard InChI is InChI=1S/C16H16FNO/c1-19-16-8-3-2-7-15(16)18-14-10-9-11-12(14)5-4-6-13(11)17/h2-8,14,18H,9-10H2,1H3. The van der Waals surface area contributed by atoms with Gasteiger partial charge < -0.3 is 10.1 Å². The highest BCUT2D eigenvalue weighted by atomic mass is 19.1. The number of rotatable bonds is 3. The van der Waals surface area contributed by atoms with E-state index < -0.39 is 0 Å². The normalized spacial score (nSPS) is 17.1. The van der Waals surface area contributed by atoms with Crippen molar-refractivity contribution >= 4 is 5.69 Å². The third kappa shape index (κ3) is 2.16. The van der Waals surface area contributed by atoms with Crippen molar-refractivity contribution in [2.24, 2.45) is 0 Å². The average Bonchev–Trinajstić information content (AvgIpc) is 2.84. The van der Waals surface area contributed by atoms with Crippen LogP contribution in [0.1, 0.15) is 23.6 Å². The molecule has 0 saturated heterocycles. The number of halogens is 1. The Balaban J connectivity index is 1.89. The minimum atomic E-state index is -0.0955. The molecule has 2 aromatic rings. The number of ether oxygens (including phenoxy) is 1. The van der Waals surface area contributed by atoms with Gasteiger partial charge in [-0.05, 0) is 42.2 Å². The second kappa shape index (κ2) is 4.92. The maximum atomic E-state index is 13.7. The molecule has 98 valence electrons. The number of hydrogen-bond acceptors (Lipinski definition) is 2. The zero-order chi connectivity index (χ0) is 13.2. The van der Waals surface area contributed by atoms with Crippen molar-refractivity contribution in [3.8, 4) is 5.75 Å². The molecule has 2 nitrogen and oxygen atoms in total. The van der Waals surface area contributed by atoms with Crippen LogP contribution in [0.3, 0.4) is 0 Å². The molecule has 1 aliphatic rings. The van der Waals surface area contributed by atoms with Crippen molar-refractivity contribution in [1.82, 2.24) is 0 Å². The van der Waals surface area contributed by atoms with Gasteiger partial charge in [-0.1, -0.05) is 24.3 Å². The fraction of sp³-hybridized carbons (Fsp3) is 0.250. The maximum absolute atomic E-state index is 13.7. The van der Waals surface area contributed by atoms with Crippen LogP contribution < -0.4 is 10.1 Å². The fourth-order valence-electron chi connectivity index (χ4n) is 2.71. The van der Waals surface area contributed by atoms with Crippen LogP contribution in [-0.2, 0) is 6.42 Å². The zero-order valence-corrected chi connectivity index (χ0v) is 10.8. The van der Waals surface area contributed by atoms with E-state index in [1.807, 2.05) is 30.3 Å². The molecule has 19 heavy (non-hydrogen) atoms. The highest BCUT2D eigenvalue weighted by Crippen LogP contribution is 2.37. The summed E-state index contributed by atoms with van der Waals surface area (Å²) in [4.78, 5) is 0. The van der Waals surface area contributed by atoms with Crippen LogP contribution in [0.5, 0.6) is 5.75 Å². The molecular weight excluding hydrogens is 241 g/mol. The second-order valence-corrected chi connectivity index (χ2v) is 4.74. The molecule has 0 aliphatic heterocycles.